The molecule has 7 aromatic carbocycles. The molecule has 10 rings (SSSR count). The summed E-state index contributed by atoms with van der Waals surface area (Å²) in [6, 6.07) is 61.9. The van der Waals surface area contributed by atoms with E-state index in [1.165, 1.54) is 12.1 Å². The standard InChI is InChI=1S/C72H78O19Si/c1-47-59(80-42-48-26-12-5-13-27-48)62(81-43-49-28-14-6-15-29-49)64(82-44-50-30-16-7-17-31-50)72(85-47)91-63-60(90-71-61(88-68(77)53-36-22-10-23-37-53)58(74)57(73)55(86-71)45-83-66(75)51-32-18-8-19-33-51)56(46-84-67(76)52-34-20-9-21-35-52)87-70(79-40-41-92(2,3)4)65(63)89-69(78)54-38-24-11-25-39-54/h5-39,47,55-65,70-74H,40-46H2,1-4H3/t47-,55+,56+,57-,58-,59+,60+,61+,62+,63-,64-,65+,70+,71-,72-/m0/s1. The van der Waals surface area contributed by atoms with Crippen molar-refractivity contribution in [3.8, 4) is 0 Å². The lowest BCUT2D eigenvalue weighted by Gasteiger charge is -2.51. The molecule has 2 N–H and O–H groups in total. The number of rotatable bonds is 27. The van der Waals surface area contributed by atoms with E-state index < -0.39 is 137 Å². The van der Waals surface area contributed by atoms with Gasteiger partial charge in [-0.05, 0) is 78.2 Å². The molecular formula is C72H78O19Si. The molecule has 3 aliphatic rings. The van der Waals surface area contributed by atoms with Crippen LogP contribution in [0.4, 0.5) is 0 Å². The van der Waals surface area contributed by atoms with Gasteiger partial charge >= 0.3 is 23.9 Å². The highest BCUT2D eigenvalue weighted by atomic mass is 28.3. The minimum atomic E-state index is -1.99. The van der Waals surface area contributed by atoms with Gasteiger partial charge in [0.2, 0.25) is 0 Å². The van der Waals surface area contributed by atoms with Crippen molar-refractivity contribution >= 4 is 32.0 Å². The molecule has 0 aliphatic carbocycles. The number of carbonyl (C=O) groups excluding carboxylic acids is 4. The third-order valence-electron chi connectivity index (χ3n) is 15.8. The van der Waals surface area contributed by atoms with Crippen molar-refractivity contribution < 1.29 is 91.0 Å². The Morgan fingerprint density at radius 2 is 0.750 bits per heavy atom. The van der Waals surface area contributed by atoms with Crippen molar-refractivity contribution in [3.05, 3.63) is 251 Å². The van der Waals surface area contributed by atoms with Crippen LogP contribution in [0.2, 0.25) is 25.7 Å². The minimum Gasteiger partial charge on any atom is -0.459 e. The van der Waals surface area contributed by atoms with Gasteiger partial charge in [-0.25, -0.2) is 19.2 Å². The fourth-order valence-electron chi connectivity index (χ4n) is 10.8. The van der Waals surface area contributed by atoms with E-state index in [2.05, 4.69) is 19.6 Å². The van der Waals surface area contributed by atoms with Gasteiger partial charge in [-0.15, -0.1) is 0 Å². The molecule has 0 radical (unpaired) electrons. The zero-order valence-corrected chi connectivity index (χ0v) is 52.7. The van der Waals surface area contributed by atoms with Crippen LogP contribution in [0.5, 0.6) is 0 Å². The zero-order chi connectivity index (χ0) is 64.4. The smallest absolute Gasteiger partial charge is 0.338 e. The Bertz CT molecular complexity index is 3390. The van der Waals surface area contributed by atoms with Crippen LogP contribution in [0, 0.1) is 0 Å². The first-order valence-electron chi connectivity index (χ1n) is 30.8. The summed E-state index contributed by atoms with van der Waals surface area (Å²) in [5.74, 6) is -3.28. The van der Waals surface area contributed by atoms with Crippen molar-refractivity contribution in [1.82, 2.24) is 0 Å². The van der Waals surface area contributed by atoms with Gasteiger partial charge in [-0.3, -0.25) is 0 Å². The maximum atomic E-state index is 14.8. The molecule has 7 aromatic rings. The van der Waals surface area contributed by atoms with Gasteiger partial charge in [-0.2, -0.15) is 0 Å². The third kappa shape index (κ3) is 18.3. The first kappa shape index (κ1) is 67.1. The van der Waals surface area contributed by atoms with Crippen molar-refractivity contribution in [2.75, 3.05) is 19.8 Å². The summed E-state index contributed by atoms with van der Waals surface area (Å²) >= 11 is 0. The van der Waals surface area contributed by atoms with Gasteiger partial charge in [0.25, 0.3) is 0 Å². The van der Waals surface area contributed by atoms with Gasteiger partial charge in [0.1, 0.15) is 68.1 Å². The summed E-state index contributed by atoms with van der Waals surface area (Å²) in [6.45, 7) is 7.49. The molecule has 0 amide bonds. The van der Waals surface area contributed by atoms with Crippen molar-refractivity contribution in [1.29, 1.82) is 0 Å². The fourth-order valence-corrected chi connectivity index (χ4v) is 11.5. The van der Waals surface area contributed by atoms with E-state index in [4.69, 9.17) is 61.6 Å². The molecule has 0 saturated carbocycles. The van der Waals surface area contributed by atoms with Gasteiger partial charge in [0.15, 0.2) is 31.1 Å². The number of hydrogen-bond donors (Lipinski definition) is 2. The second-order valence-electron chi connectivity index (χ2n) is 23.8. The number of aliphatic hydroxyl groups is 2. The molecule has 0 spiro atoms. The highest BCUT2D eigenvalue weighted by Crippen LogP contribution is 2.39. The van der Waals surface area contributed by atoms with Crippen molar-refractivity contribution in [3.63, 3.8) is 0 Å². The summed E-state index contributed by atoms with van der Waals surface area (Å²) in [5, 5.41) is 24.2. The monoisotopic (exact) mass is 1270 g/mol. The molecule has 3 saturated heterocycles. The number of aliphatic hydroxyl groups excluding tert-OH is 2. The SMILES string of the molecule is C[C@@H]1O[C@@H](O[C@@H]2[C@@H](OC(=O)c3ccccc3)[C@H](OCC[Si](C)(C)C)O[C@H](COC(=O)c3ccccc3)[C@H]2O[C@@H]2O[C@H](COC(=O)c3ccccc3)[C@H](O)[C@H](O)[C@H]2OC(=O)c2ccccc2)[C@@H](OCc2ccccc2)[C@H](OCc2ccccc2)[C@@H]1OCc1ccccc1. The molecule has 15 atom stereocenters. The summed E-state index contributed by atoms with van der Waals surface area (Å²) < 4.78 is 87.2. The topological polar surface area (TPSA) is 229 Å². The van der Waals surface area contributed by atoms with E-state index >= 15 is 0 Å². The van der Waals surface area contributed by atoms with Crippen LogP contribution in [-0.2, 0) is 81.4 Å². The van der Waals surface area contributed by atoms with Crippen LogP contribution >= 0.6 is 0 Å². The highest BCUT2D eigenvalue weighted by molar-refractivity contribution is 6.76. The predicted molar refractivity (Wildman–Crippen MR) is 337 cm³/mol. The van der Waals surface area contributed by atoms with Crippen molar-refractivity contribution in [2.45, 2.75) is 145 Å². The van der Waals surface area contributed by atoms with E-state index in [1.807, 2.05) is 97.9 Å². The van der Waals surface area contributed by atoms with E-state index in [0.717, 1.165) is 16.7 Å². The first-order valence-corrected chi connectivity index (χ1v) is 34.5. The zero-order valence-electron chi connectivity index (χ0n) is 51.7. The number of esters is 4. The molecule has 0 bridgehead atoms. The Morgan fingerprint density at radius 1 is 0.380 bits per heavy atom. The summed E-state index contributed by atoms with van der Waals surface area (Å²) in [5.41, 5.74) is 3.15. The summed E-state index contributed by atoms with van der Waals surface area (Å²) in [7, 11) is -1.87. The average Bonchev–Trinajstić information content (AvgIpc) is 0.775. The number of benzene rings is 7. The highest BCUT2D eigenvalue weighted by Gasteiger charge is 2.58. The van der Waals surface area contributed by atoms with Crippen LogP contribution in [-0.4, -0.2) is 154 Å². The second kappa shape index (κ2) is 32.7. The lowest BCUT2D eigenvalue weighted by atomic mass is 9.95. The maximum Gasteiger partial charge on any atom is 0.338 e. The fraction of sp³-hybridized carbons (Fsp3) is 0.361. The molecule has 92 heavy (non-hydrogen) atoms. The molecular weight excluding hydrogens is 1200 g/mol. The lowest BCUT2D eigenvalue weighted by molar-refractivity contribution is -0.388. The number of hydrogen-bond acceptors (Lipinski definition) is 19. The second-order valence-corrected chi connectivity index (χ2v) is 29.5. The lowest BCUT2D eigenvalue weighted by Crippen LogP contribution is -2.68. The normalized spacial score (nSPS) is 26.4. The third-order valence-corrected chi connectivity index (χ3v) is 17.5. The van der Waals surface area contributed by atoms with Crippen LogP contribution in [0.3, 0.4) is 0 Å². The number of ether oxygens (including phenoxy) is 13. The Kier molecular flexibility index (Phi) is 23.8. The van der Waals surface area contributed by atoms with E-state index in [-0.39, 0.29) is 48.7 Å². The number of carbonyl (C=O) groups is 4. The molecule has 3 heterocycles. The van der Waals surface area contributed by atoms with Gasteiger partial charge < -0.3 is 71.8 Å². The predicted octanol–water partition coefficient (Wildman–Crippen LogP) is 9.95. The first-order chi connectivity index (χ1) is 44.7. The largest absolute Gasteiger partial charge is 0.459 e. The Morgan fingerprint density at radius 3 is 1.21 bits per heavy atom. The van der Waals surface area contributed by atoms with E-state index in [0.29, 0.717) is 6.04 Å². The molecule has 20 heteroatoms. The summed E-state index contributed by atoms with van der Waals surface area (Å²) in [4.78, 5) is 56.7. The average molecular weight is 1280 g/mol. The molecule has 19 nitrogen and oxygen atoms in total. The maximum absolute atomic E-state index is 14.8. The van der Waals surface area contributed by atoms with Crippen molar-refractivity contribution in [2.24, 2.45) is 0 Å². The Labute approximate surface area is 536 Å². The van der Waals surface area contributed by atoms with E-state index in [1.54, 1.807) is 109 Å². The van der Waals surface area contributed by atoms with Crippen LogP contribution in [0.15, 0.2) is 212 Å². The van der Waals surface area contributed by atoms with E-state index in [9.17, 15) is 29.4 Å². The van der Waals surface area contributed by atoms with Gasteiger partial charge in [0.05, 0.1) is 48.2 Å². The molecule has 484 valence electrons. The van der Waals surface area contributed by atoms with Crippen LogP contribution in [0.25, 0.3) is 0 Å². The molecule has 3 aliphatic heterocycles. The quantitative estimate of drug-likeness (QED) is 0.0277. The molecule has 0 aromatic heterocycles. The van der Waals surface area contributed by atoms with Gasteiger partial charge in [0, 0.05) is 14.7 Å². The minimum absolute atomic E-state index is 0.0150. The van der Waals surface area contributed by atoms with Crippen LogP contribution < -0.4 is 0 Å². The summed E-state index contributed by atoms with van der Waals surface area (Å²) in [6.07, 6.45) is -22.4. The van der Waals surface area contributed by atoms with Gasteiger partial charge in [-0.1, -0.05) is 183 Å². The van der Waals surface area contributed by atoms with Crippen LogP contribution in [0.1, 0.15) is 65.0 Å². The molecule has 0 unspecified atom stereocenters. The molecule has 3 fully saturated rings. The Balaban J connectivity index is 1.11. The Hall–Kier alpha value is -7.80.